The van der Waals surface area contributed by atoms with Crippen molar-refractivity contribution in [2.45, 2.75) is 45.6 Å². The van der Waals surface area contributed by atoms with Crippen LogP contribution in [0.1, 0.15) is 38.2 Å². The fraction of sp³-hybridized carbons (Fsp3) is 0.533. The van der Waals surface area contributed by atoms with Gasteiger partial charge in [0.2, 0.25) is 0 Å². The molecule has 1 aliphatic rings. The average Bonchev–Trinajstić information content (AvgIpc) is 2.36. The first-order valence-electron chi connectivity index (χ1n) is 6.80. The Bertz CT molecular complexity index is 461. The van der Waals surface area contributed by atoms with Crippen molar-refractivity contribution in [1.29, 1.82) is 0 Å². The molecular formula is C15H20ClNO2. The van der Waals surface area contributed by atoms with E-state index in [2.05, 4.69) is 12.2 Å². The Morgan fingerprint density at radius 3 is 2.79 bits per heavy atom. The molecule has 1 N–H and O–H groups in total. The molecule has 0 spiro atoms. The third-order valence-corrected chi connectivity index (χ3v) is 3.95. The van der Waals surface area contributed by atoms with Crippen LogP contribution < -0.4 is 5.32 Å². The summed E-state index contributed by atoms with van der Waals surface area (Å²) in [7, 11) is 0. The molecule has 104 valence electrons. The topological polar surface area (TPSA) is 38.3 Å². The number of hydrogen-bond donors (Lipinski definition) is 1. The van der Waals surface area contributed by atoms with Crippen LogP contribution in [0.4, 0.5) is 10.5 Å². The highest BCUT2D eigenvalue weighted by Gasteiger charge is 2.24. The lowest BCUT2D eigenvalue weighted by Gasteiger charge is -2.28. The quantitative estimate of drug-likeness (QED) is 0.847. The van der Waals surface area contributed by atoms with Crippen LogP contribution in [0.5, 0.6) is 0 Å². The molecule has 1 amide bonds. The third-order valence-electron chi connectivity index (χ3n) is 3.72. The molecule has 4 heteroatoms. The minimum atomic E-state index is -0.371. The summed E-state index contributed by atoms with van der Waals surface area (Å²) < 4.78 is 5.51. The number of benzene rings is 1. The van der Waals surface area contributed by atoms with E-state index in [0.717, 1.165) is 30.5 Å². The molecule has 0 unspecified atom stereocenters. The number of carbonyl (C=O) groups excluding carboxylic acids is 1. The zero-order chi connectivity index (χ0) is 13.8. The van der Waals surface area contributed by atoms with Crippen molar-refractivity contribution in [3.63, 3.8) is 0 Å². The molecule has 2 atom stereocenters. The van der Waals surface area contributed by atoms with E-state index in [1.54, 1.807) is 12.1 Å². The second-order valence-corrected chi connectivity index (χ2v) is 5.73. The van der Waals surface area contributed by atoms with Gasteiger partial charge in [-0.15, -0.1) is 0 Å². The van der Waals surface area contributed by atoms with Gasteiger partial charge in [0.05, 0.1) is 0 Å². The van der Waals surface area contributed by atoms with Crippen LogP contribution >= 0.6 is 11.6 Å². The first-order chi connectivity index (χ1) is 9.06. The van der Waals surface area contributed by atoms with Crippen molar-refractivity contribution in [3.05, 3.63) is 28.8 Å². The molecule has 0 aromatic heterocycles. The molecule has 0 radical (unpaired) electrons. The van der Waals surface area contributed by atoms with Crippen LogP contribution in [0.2, 0.25) is 5.02 Å². The van der Waals surface area contributed by atoms with Crippen LogP contribution in [0.3, 0.4) is 0 Å². The zero-order valence-corrected chi connectivity index (χ0v) is 12.2. The molecule has 3 nitrogen and oxygen atoms in total. The predicted octanol–water partition coefficient (Wildman–Crippen LogP) is 4.78. The van der Waals surface area contributed by atoms with Gasteiger partial charge in [-0.25, -0.2) is 4.79 Å². The van der Waals surface area contributed by atoms with E-state index in [0.29, 0.717) is 10.9 Å². The molecule has 1 aliphatic carbocycles. The summed E-state index contributed by atoms with van der Waals surface area (Å²) in [6, 6.07) is 5.37. The molecular weight excluding hydrogens is 262 g/mol. The first-order valence-corrected chi connectivity index (χ1v) is 7.18. The highest BCUT2D eigenvalue weighted by molar-refractivity contribution is 6.30. The van der Waals surface area contributed by atoms with Crippen LogP contribution in [0.25, 0.3) is 0 Å². The number of anilines is 1. The lowest BCUT2D eigenvalue weighted by molar-refractivity contribution is 0.0524. The van der Waals surface area contributed by atoms with E-state index in [-0.39, 0.29) is 12.2 Å². The maximum Gasteiger partial charge on any atom is 0.411 e. The molecule has 1 aromatic carbocycles. The number of aryl methyl sites for hydroxylation is 1. The van der Waals surface area contributed by atoms with Gasteiger partial charge in [-0.1, -0.05) is 24.9 Å². The lowest BCUT2D eigenvalue weighted by Crippen LogP contribution is -2.30. The smallest absolute Gasteiger partial charge is 0.411 e. The number of nitrogens with one attached hydrogen (secondary N) is 1. The first kappa shape index (κ1) is 14.2. The summed E-state index contributed by atoms with van der Waals surface area (Å²) in [4.78, 5) is 11.9. The minimum Gasteiger partial charge on any atom is -0.446 e. The summed E-state index contributed by atoms with van der Waals surface area (Å²) in [5, 5.41) is 3.45. The SMILES string of the molecule is Cc1cc(Cl)ccc1NC(=O)O[C@H]1CCCC[C@@H]1C. The monoisotopic (exact) mass is 281 g/mol. The Kier molecular flexibility index (Phi) is 4.70. The standard InChI is InChI=1S/C15H20ClNO2/c1-10-5-3-4-6-14(10)19-15(18)17-13-8-7-12(16)9-11(13)2/h7-10,14H,3-6H2,1-2H3,(H,17,18)/t10-,14-/m0/s1. The largest absolute Gasteiger partial charge is 0.446 e. The van der Waals surface area contributed by atoms with Crippen molar-refractivity contribution in [1.82, 2.24) is 0 Å². The van der Waals surface area contributed by atoms with Gasteiger partial charge in [-0.05, 0) is 55.9 Å². The molecule has 1 aromatic rings. The Balaban J connectivity index is 1.93. The number of hydrogen-bond acceptors (Lipinski definition) is 2. The highest BCUT2D eigenvalue weighted by atomic mass is 35.5. The minimum absolute atomic E-state index is 0.0429. The van der Waals surface area contributed by atoms with E-state index < -0.39 is 0 Å². The Morgan fingerprint density at radius 2 is 2.11 bits per heavy atom. The van der Waals surface area contributed by atoms with Crippen LogP contribution in [0, 0.1) is 12.8 Å². The van der Waals surface area contributed by atoms with Gasteiger partial charge in [0.25, 0.3) is 0 Å². The normalized spacial score (nSPS) is 22.9. The summed E-state index contributed by atoms with van der Waals surface area (Å²) in [6.07, 6.45) is 4.15. The third kappa shape index (κ3) is 3.87. The fourth-order valence-corrected chi connectivity index (χ4v) is 2.73. The molecule has 2 rings (SSSR count). The fourth-order valence-electron chi connectivity index (χ4n) is 2.50. The van der Waals surface area contributed by atoms with Crippen molar-refractivity contribution in [3.8, 4) is 0 Å². The van der Waals surface area contributed by atoms with Crippen LogP contribution in [-0.2, 0) is 4.74 Å². The van der Waals surface area contributed by atoms with E-state index in [9.17, 15) is 4.79 Å². The van der Waals surface area contributed by atoms with E-state index in [1.807, 2.05) is 13.0 Å². The summed E-state index contributed by atoms with van der Waals surface area (Å²) >= 11 is 5.88. The van der Waals surface area contributed by atoms with E-state index in [4.69, 9.17) is 16.3 Å². The summed E-state index contributed by atoms with van der Waals surface area (Å²) in [6.45, 7) is 4.05. The molecule has 0 saturated heterocycles. The molecule has 0 heterocycles. The lowest BCUT2D eigenvalue weighted by atomic mass is 9.88. The van der Waals surface area contributed by atoms with Crippen molar-refractivity contribution in [2.24, 2.45) is 5.92 Å². The van der Waals surface area contributed by atoms with Gasteiger partial charge in [-0.3, -0.25) is 5.32 Å². The van der Waals surface area contributed by atoms with Crippen molar-refractivity contribution < 1.29 is 9.53 Å². The van der Waals surface area contributed by atoms with Gasteiger partial charge in [0.15, 0.2) is 0 Å². The Morgan fingerprint density at radius 1 is 1.37 bits per heavy atom. The van der Waals surface area contributed by atoms with Crippen LogP contribution in [-0.4, -0.2) is 12.2 Å². The number of amides is 1. The van der Waals surface area contributed by atoms with Gasteiger partial charge in [0, 0.05) is 10.7 Å². The highest BCUT2D eigenvalue weighted by Crippen LogP contribution is 2.27. The second-order valence-electron chi connectivity index (χ2n) is 5.29. The van der Waals surface area contributed by atoms with Crippen LogP contribution in [0.15, 0.2) is 18.2 Å². The van der Waals surface area contributed by atoms with E-state index >= 15 is 0 Å². The Labute approximate surface area is 119 Å². The summed E-state index contributed by atoms with van der Waals surface area (Å²) in [5.41, 5.74) is 1.68. The molecule has 0 aliphatic heterocycles. The zero-order valence-electron chi connectivity index (χ0n) is 11.4. The Hall–Kier alpha value is -1.22. The van der Waals surface area contributed by atoms with Crippen molar-refractivity contribution >= 4 is 23.4 Å². The maximum atomic E-state index is 11.9. The predicted molar refractivity (Wildman–Crippen MR) is 77.7 cm³/mol. The average molecular weight is 282 g/mol. The number of halogens is 1. The molecule has 19 heavy (non-hydrogen) atoms. The maximum absolute atomic E-state index is 11.9. The van der Waals surface area contributed by atoms with Gasteiger partial charge in [-0.2, -0.15) is 0 Å². The van der Waals surface area contributed by atoms with Gasteiger partial charge >= 0.3 is 6.09 Å². The van der Waals surface area contributed by atoms with Gasteiger partial charge < -0.3 is 4.74 Å². The summed E-state index contributed by atoms with van der Waals surface area (Å²) in [5.74, 6) is 0.450. The molecule has 1 saturated carbocycles. The number of carbonyl (C=O) groups is 1. The second kappa shape index (κ2) is 6.29. The van der Waals surface area contributed by atoms with Gasteiger partial charge in [0.1, 0.15) is 6.10 Å². The molecule has 1 fully saturated rings. The van der Waals surface area contributed by atoms with E-state index in [1.165, 1.54) is 6.42 Å². The molecule has 0 bridgehead atoms. The number of ether oxygens (including phenoxy) is 1. The number of rotatable bonds is 2. The van der Waals surface area contributed by atoms with Crippen molar-refractivity contribution in [2.75, 3.05) is 5.32 Å².